The summed E-state index contributed by atoms with van der Waals surface area (Å²) in [5.74, 6) is 0.898. The Morgan fingerprint density at radius 2 is 2.11 bits per heavy atom. The van der Waals surface area contributed by atoms with Crippen LogP contribution in [-0.4, -0.2) is 4.98 Å². The third-order valence-electron chi connectivity index (χ3n) is 2.87. The highest BCUT2D eigenvalue weighted by molar-refractivity contribution is 7.11. The van der Waals surface area contributed by atoms with E-state index >= 15 is 0 Å². The normalized spacial score (nSPS) is 10.2. The number of aryl methyl sites for hydroxylation is 3. The molecule has 0 unspecified atom stereocenters. The maximum atomic E-state index is 8.73. The van der Waals surface area contributed by atoms with Crippen LogP contribution in [0.2, 0.25) is 0 Å². The zero-order valence-electron chi connectivity index (χ0n) is 11.4. The average molecular weight is 272 g/mol. The van der Waals surface area contributed by atoms with Crippen molar-refractivity contribution in [2.45, 2.75) is 33.8 Å². The van der Waals surface area contributed by atoms with Crippen molar-refractivity contribution in [1.29, 1.82) is 5.26 Å². The quantitative estimate of drug-likeness (QED) is 0.852. The van der Waals surface area contributed by atoms with Crippen LogP contribution in [0.1, 0.15) is 26.7 Å². The molecule has 0 aliphatic rings. The topological polar surface area (TPSA) is 45.9 Å². The Hall–Kier alpha value is -1.86. The van der Waals surface area contributed by atoms with E-state index in [2.05, 4.69) is 23.2 Å². The fourth-order valence-electron chi connectivity index (χ4n) is 1.79. The lowest BCUT2D eigenvalue weighted by molar-refractivity contribution is 0.303. The summed E-state index contributed by atoms with van der Waals surface area (Å²) in [6, 6.07) is 8.32. The van der Waals surface area contributed by atoms with Gasteiger partial charge in [0.05, 0.1) is 18.2 Å². The summed E-state index contributed by atoms with van der Waals surface area (Å²) in [4.78, 5) is 5.47. The monoisotopic (exact) mass is 272 g/mol. The van der Waals surface area contributed by atoms with Crippen molar-refractivity contribution in [3.05, 3.63) is 44.9 Å². The van der Waals surface area contributed by atoms with Gasteiger partial charge in [-0.15, -0.1) is 11.3 Å². The van der Waals surface area contributed by atoms with Crippen LogP contribution in [0.4, 0.5) is 0 Å². The molecule has 19 heavy (non-hydrogen) atoms. The molecule has 98 valence electrons. The van der Waals surface area contributed by atoms with Gasteiger partial charge in [0.2, 0.25) is 0 Å². The highest BCUT2D eigenvalue weighted by atomic mass is 32.1. The van der Waals surface area contributed by atoms with Gasteiger partial charge < -0.3 is 4.74 Å². The largest absolute Gasteiger partial charge is 0.486 e. The van der Waals surface area contributed by atoms with Crippen molar-refractivity contribution in [2.24, 2.45) is 0 Å². The number of thiazole rings is 1. The van der Waals surface area contributed by atoms with Gasteiger partial charge in [0, 0.05) is 4.88 Å². The molecule has 0 saturated heterocycles. The minimum Gasteiger partial charge on any atom is -0.486 e. The molecule has 0 N–H and O–H groups in total. The van der Waals surface area contributed by atoms with E-state index in [0.717, 1.165) is 26.9 Å². The molecule has 3 nitrogen and oxygen atoms in total. The molecular formula is C15H16N2OS. The molecule has 0 spiro atoms. The molecule has 1 heterocycles. The highest BCUT2D eigenvalue weighted by Gasteiger charge is 2.08. The van der Waals surface area contributed by atoms with Crippen molar-refractivity contribution < 1.29 is 4.74 Å². The molecule has 0 amide bonds. The summed E-state index contributed by atoms with van der Waals surface area (Å²) in [6.07, 6.45) is 0.424. The molecule has 0 aliphatic heterocycles. The van der Waals surface area contributed by atoms with Gasteiger partial charge in [-0.2, -0.15) is 5.26 Å². The predicted octanol–water partition coefficient (Wildman–Crippen LogP) is 3.71. The Bertz CT molecular complexity index is 626. The van der Waals surface area contributed by atoms with E-state index in [-0.39, 0.29) is 0 Å². The Kier molecular flexibility index (Phi) is 4.18. The van der Waals surface area contributed by atoms with E-state index in [4.69, 9.17) is 10.00 Å². The van der Waals surface area contributed by atoms with Gasteiger partial charge in [0.15, 0.2) is 0 Å². The van der Waals surface area contributed by atoms with E-state index in [9.17, 15) is 0 Å². The Balaban J connectivity index is 2.08. The maximum Gasteiger partial charge on any atom is 0.140 e. The number of benzene rings is 1. The SMILES string of the molecule is Cc1ccc(C)c(OCc2nc(C)c(CC#N)s2)c1. The molecule has 1 aromatic heterocycles. The van der Waals surface area contributed by atoms with Gasteiger partial charge >= 0.3 is 0 Å². The Morgan fingerprint density at radius 3 is 2.84 bits per heavy atom. The van der Waals surface area contributed by atoms with Crippen LogP contribution in [0.15, 0.2) is 18.2 Å². The van der Waals surface area contributed by atoms with Gasteiger partial charge in [0.1, 0.15) is 17.4 Å². The van der Waals surface area contributed by atoms with Gasteiger partial charge in [-0.25, -0.2) is 4.98 Å². The summed E-state index contributed by atoms with van der Waals surface area (Å²) >= 11 is 1.55. The third kappa shape index (κ3) is 3.33. The van der Waals surface area contributed by atoms with Crippen molar-refractivity contribution in [2.75, 3.05) is 0 Å². The molecule has 1 aromatic carbocycles. The number of nitriles is 1. The summed E-state index contributed by atoms with van der Waals surface area (Å²) in [5.41, 5.74) is 3.24. The standard InChI is InChI=1S/C15H16N2OS/c1-10-4-5-11(2)13(8-10)18-9-15-17-12(3)14(19-15)6-7-16/h4-5,8H,6,9H2,1-3H3. The van der Waals surface area contributed by atoms with Crippen LogP contribution >= 0.6 is 11.3 Å². The molecule has 0 fully saturated rings. The fourth-order valence-corrected chi connectivity index (χ4v) is 2.70. The lowest BCUT2D eigenvalue weighted by atomic mass is 10.1. The highest BCUT2D eigenvalue weighted by Crippen LogP contribution is 2.23. The zero-order chi connectivity index (χ0) is 13.8. The smallest absolute Gasteiger partial charge is 0.140 e. The minimum absolute atomic E-state index is 0.424. The van der Waals surface area contributed by atoms with Crippen LogP contribution in [0.25, 0.3) is 0 Å². The number of nitrogens with zero attached hydrogens (tertiary/aromatic N) is 2. The van der Waals surface area contributed by atoms with Crippen LogP contribution in [0.5, 0.6) is 5.75 Å². The second-order valence-electron chi connectivity index (χ2n) is 4.51. The van der Waals surface area contributed by atoms with Gasteiger partial charge in [-0.05, 0) is 38.0 Å². The first kappa shape index (κ1) is 13.6. The lowest BCUT2D eigenvalue weighted by Crippen LogP contribution is -1.97. The first-order chi connectivity index (χ1) is 9.10. The first-order valence-corrected chi connectivity index (χ1v) is 6.94. The van der Waals surface area contributed by atoms with Gasteiger partial charge in [0.25, 0.3) is 0 Å². The Morgan fingerprint density at radius 1 is 1.32 bits per heavy atom. The lowest BCUT2D eigenvalue weighted by Gasteiger charge is -2.08. The predicted molar refractivity (Wildman–Crippen MR) is 76.4 cm³/mol. The average Bonchev–Trinajstić information content (AvgIpc) is 2.72. The van der Waals surface area contributed by atoms with E-state index in [1.807, 2.05) is 26.8 Å². The van der Waals surface area contributed by atoms with E-state index in [1.165, 1.54) is 5.56 Å². The summed E-state index contributed by atoms with van der Waals surface area (Å²) in [6.45, 7) is 6.47. The summed E-state index contributed by atoms with van der Waals surface area (Å²) in [5, 5.41) is 9.65. The zero-order valence-corrected chi connectivity index (χ0v) is 12.2. The van der Waals surface area contributed by atoms with E-state index < -0.39 is 0 Å². The number of hydrogen-bond acceptors (Lipinski definition) is 4. The Labute approximate surface area is 117 Å². The molecule has 2 rings (SSSR count). The van der Waals surface area contributed by atoms with Crippen LogP contribution in [0.3, 0.4) is 0 Å². The molecule has 0 aliphatic carbocycles. The third-order valence-corrected chi connectivity index (χ3v) is 4.00. The summed E-state index contributed by atoms with van der Waals surface area (Å²) < 4.78 is 5.82. The van der Waals surface area contributed by atoms with Crippen LogP contribution in [0, 0.1) is 32.1 Å². The van der Waals surface area contributed by atoms with Crippen LogP contribution in [-0.2, 0) is 13.0 Å². The number of rotatable bonds is 4. The maximum absolute atomic E-state index is 8.73. The number of aromatic nitrogens is 1. The van der Waals surface area contributed by atoms with E-state index in [0.29, 0.717) is 13.0 Å². The van der Waals surface area contributed by atoms with Crippen molar-refractivity contribution >= 4 is 11.3 Å². The minimum atomic E-state index is 0.424. The number of hydrogen-bond donors (Lipinski definition) is 0. The molecular weight excluding hydrogens is 256 g/mol. The van der Waals surface area contributed by atoms with Crippen molar-refractivity contribution in [1.82, 2.24) is 4.98 Å². The van der Waals surface area contributed by atoms with Crippen molar-refractivity contribution in [3.8, 4) is 11.8 Å². The first-order valence-electron chi connectivity index (χ1n) is 6.12. The van der Waals surface area contributed by atoms with Gasteiger partial charge in [-0.3, -0.25) is 0 Å². The molecule has 0 saturated carbocycles. The second-order valence-corrected chi connectivity index (χ2v) is 5.68. The second kappa shape index (κ2) is 5.85. The van der Waals surface area contributed by atoms with Gasteiger partial charge in [-0.1, -0.05) is 12.1 Å². The van der Waals surface area contributed by atoms with Crippen molar-refractivity contribution in [3.63, 3.8) is 0 Å². The fraction of sp³-hybridized carbons (Fsp3) is 0.333. The molecule has 0 radical (unpaired) electrons. The summed E-state index contributed by atoms with van der Waals surface area (Å²) in [7, 11) is 0. The molecule has 0 bridgehead atoms. The van der Waals surface area contributed by atoms with E-state index in [1.54, 1.807) is 11.3 Å². The van der Waals surface area contributed by atoms with Crippen LogP contribution < -0.4 is 4.74 Å². The number of ether oxygens (including phenoxy) is 1. The molecule has 2 aromatic rings. The molecule has 4 heteroatoms. The molecule has 0 atom stereocenters.